The quantitative estimate of drug-likeness (QED) is 0.658. The van der Waals surface area contributed by atoms with Crippen LogP contribution in [0, 0.1) is 29.9 Å². The van der Waals surface area contributed by atoms with E-state index in [1.165, 1.54) is 18.5 Å². The van der Waals surface area contributed by atoms with Crippen LogP contribution in [0.4, 0.5) is 8.78 Å². The molecule has 124 valence electrons. The van der Waals surface area contributed by atoms with Gasteiger partial charge in [-0.15, -0.1) is 0 Å². The topological polar surface area (TPSA) is 58.8 Å². The molecule has 0 N–H and O–H groups in total. The molecule has 1 aromatic heterocycles. The summed E-state index contributed by atoms with van der Waals surface area (Å²) in [5.41, 5.74) is 1.41. The van der Waals surface area contributed by atoms with Crippen molar-refractivity contribution in [2.75, 3.05) is 0 Å². The molecule has 0 spiro atoms. The number of nitriles is 1. The van der Waals surface area contributed by atoms with Gasteiger partial charge in [0.25, 0.3) is 0 Å². The van der Waals surface area contributed by atoms with E-state index >= 15 is 0 Å². The summed E-state index contributed by atoms with van der Waals surface area (Å²) in [6.45, 7) is 1.62. The Balaban J connectivity index is 2.11. The molecule has 1 heterocycles. The molecule has 2 aromatic carbocycles. The second-order valence-corrected chi connectivity index (χ2v) is 5.61. The Labute approximate surface area is 147 Å². The Hall–Kier alpha value is -3.04. The van der Waals surface area contributed by atoms with Crippen molar-refractivity contribution in [2.45, 2.75) is 6.92 Å². The zero-order valence-electron chi connectivity index (χ0n) is 12.9. The standard InChI is InChI=1S/C18H10ClF2N3O/c1-10-4-13(11-2-3-23-24-9-11)17(6-15(10)20)25-18-7-16(21)12(8-22)5-14(18)19/h2-7,9H,1H3. The lowest BCUT2D eigenvalue weighted by atomic mass is 10.0. The third-order valence-corrected chi connectivity index (χ3v) is 3.81. The summed E-state index contributed by atoms with van der Waals surface area (Å²) in [4.78, 5) is 0. The molecule has 0 saturated heterocycles. The fourth-order valence-corrected chi connectivity index (χ4v) is 2.44. The molecule has 7 heteroatoms. The van der Waals surface area contributed by atoms with E-state index in [0.29, 0.717) is 16.7 Å². The molecule has 0 amide bonds. The van der Waals surface area contributed by atoms with Gasteiger partial charge in [-0.05, 0) is 30.7 Å². The minimum Gasteiger partial charge on any atom is -0.455 e. The van der Waals surface area contributed by atoms with E-state index in [4.69, 9.17) is 21.6 Å². The third kappa shape index (κ3) is 3.42. The molecule has 0 bridgehead atoms. The SMILES string of the molecule is Cc1cc(-c2ccnnc2)c(Oc2cc(F)c(C#N)cc2Cl)cc1F. The van der Waals surface area contributed by atoms with Gasteiger partial charge in [0.1, 0.15) is 29.2 Å². The van der Waals surface area contributed by atoms with E-state index in [1.54, 1.807) is 25.1 Å². The first kappa shape index (κ1) is 16.8. The van der Waals surface area contributed by atoms with Gasteiger partial charge in [-0.3, -0.25) is 0 Å². The van der Waals surface area contributed by atoms with E-state index in [2.05, 4.69) is 10.2 Å². The minimum absolute atomic E-state index is 0.0234. The van der Waals surface area contributed by atoms with Crippen LogP contribution in [0.25, 0.3) is 11.1 Å². The normalized spacial score (nSPS) is 10.4. The van der Waals surface area contributed by atoms with Gasteiger partial charge in [0.2, 0.25) is 0 Å². The van der Waals surface area contributed by atoms with Crippen molar-refractivity contribution in [2.24, 2.45) is 0 Å². The summed E-state index contributed by atoms with van der Waals surface area (Å²) in [6.07, 6.45) is 2.99. The Bertz CT molecular complexity index is 988. The summed E-state index contributed by atoms with van der Waals surface area (Å²) in [5, 5.41) is 16.4. The molecule has 3 aromatic rings. The maximum atomic E-state index is 14.0. The van der Waals surface area contributed by atoms with Crippen molar-refractivity contribution in [3.05, 3.63) is 70.5 Å². The van der Waals surface area contributed by atoms with E-state index in [0.717, 1.165) is 12.1 Å². The molecule has 0 atom stereocenters. The summed E-state index contributed by atoms with van der Waals surface area (Å²) in [5.74, 6) is -1.14. The summed E-state index contributed by atoms with van der Waals surface area (Å²) >= 11 is 6.04. The Morgan fingerprint density at radius 2 is 1.84 bits per heavy atom. The van der Waals surface area contributed by atoms with Crippen molar-refractivity contribution in [3.8, 4) is 28.7 Å². The van der Waals surface area contributed by atoms with E-state index in [9.17, 15) is 8.78 Å². The Kier molecular flexibility index (Phi) is 4.59. The van der Waals surface area contributed by atoms with Crippen molar-refractivity contribution >= 4 is 11.6 Å². The van der Waals surface area contributed by atoms with Gasteiger partial charge < -0.3 is 4.74 Å². The highest BCUT2D eigenvalue weighted by Gasteiger charge is 2.15. The third-order valence-electron chi connectivity index (χ3n) is 3.52. The van der Waals surface area contributed by atoms with Crippen molar-refractivity contribution in [1.29, 1.82) is 5.26 Å². The first-order valence-electron chi connectivity index (χ1n) is 7.14. The molecule has 3 rings (SSSR count). The van der Waals surface area contributed by atoms with Gasteiger partial charge in [0.15, 0.2) is 0 Å². The monoisotopic (exact) mass is 357 g/mol. The predicted octanol–water partition coefficient (Wildman–Crippen LogP) is 5.05. The Morgan fingerprint density at radius 1 is 1.08 bits per heavy atom. The highest BCUT2D eigenvalue weighted by atomic mass is 35.5. The highest BCUT2D eigenvalue weighted by Crippen LogP contribution is 2.38. The van der Waals surface area contributed by atoms with Crippen LogP contribution < -0.4 is 4.74 Å². The van der Waals surface area contributed by atoms with Crippen molar-refractivity contribution in [3.63, 3.8) is 0 Å². The van der Waals surface area contributed by atoms with Crippen LogP contribution in [0.1, 0.15) is 11.1 Å². The van der Waals surface area contributed by atoms with Gasteiger partial charge in [0.05, 0.1) is 23.0 Å². The zero-order valence-corrected chi connectivity index (χ0v) is 13.7. The molecular weight excluding hydrogens is 348 g/mol. The number of benzene rings is 2. The van der Waals surface area contributed by atoms with Gasteiger partial charge in [-0.25, -0.2) is 8.78 Å². The van der Waals surface area contributed by atoms with Gasteiger partial charge >= 0.3 is 0 Å². The van der Waals surface area contributed by atoms with Gasteiger partial charge in [-0.1, -0.05) is 11.6 Å². The van der Waals surface area contributed by atoms with Crippen LogP contribution in [-0.2, 0) is 0 Å². The second-order valence-electron chi connectivity index (χ2n) is 5.21. The summed E-state index contributed by atoms with van der Waals surface area (Å²) in [6, 6.07) is 8.31. The molecular formula is C18H10ClF2N3O. The van der Waals surface area contributed by atoms with Gasteiger partial charge in [-0.2, -0.15) is 15.5 Å². The second kappa shape index (κ2) is 6.83. The summed E-state index contributed by atoms with van der Waals surface area (Å²) < 4.78 is 33.5. The number of aromatic nitrogens is 2. The molecule has 0 aliphatic rings. The molecule has 0 aliphatic carbocycles. The van der Waals surface area contributed by atoms with Crippen LogP contribution in [0.15, 0.2) is 42.7 Å². The highest BCUT2D eigenvalue weighted by molar-refractivity contribution is 6.32. The van der Waals surface area contributed by atoms with Crippen LogP contribution in [0.3, 0.4) is 0 Å². The van der Waals surface area contributed by atoms with E-state index in [-0.39, 0.29) is 22.1 Å². The average molecular weight is 358 g/mol. The number of halogens is 3. The number of aryl methyl sites for hydroxylation is 1. The molecule has 0 unspecified atom stereocenters. The number of hydrogen-bond acceptors (Lipinski definition) is 4. The maximum Gasteiger partial charge on any atom is 0.149 e. The first-order valence-corrected chi connectivity index (χ1v) is 7.51. The number of nitrogens with zero attached hydrogens (tertiary/aromatic N) is 3. The molecule has 0 saturated carbocycles. The van der Waals surface area contributed by atoms with Gasteiger partial charge in [0, 0.05) is 23.3 Å². The van der Waals surface area contributed by atoms with E-state index < -0.39 is 11.6 Å². The lowest BCUT2D eigenvalue weighted by Gasteiger charge is -2.14. The molecule has 0 fully saturated rings. The maximum absolute atomic E-state index is 14.0. The molecule has 4 nitrogen and oxygen atoms in total. The first-order chi connectivity index (χ1) is 12.0. The number of rotatable bonds is 3. The predicted molar refractivity (Wildman–Crippen MR) is 88.4 cm³/mol. The fourth-order valence-electron chi connectivity index (χ4n) is 2.23. The molecule has 0 radical (unpaired) electrons. The van der Waals surface area contributed by atoms with Crippen LogP contribution >= 0.6 is 11.6 Å². The minimum atomic E-state index is -0.776. The molecule has 25 heavy (non-hydrogen) atoms. The van der Waals surface area contributed by atoms with Crippen molar-refractivity contribution in [1.82, 2.24) is 10.2 Å². The lowest BCUT2D eigenvalue weighted by molar-refractivity contribution is 0.472. The number of hydrogen-bond donors (Lipinski definition) is 0. The lowest BCUT2D eigenvalue weighted by Crippen LogP contribution is -1.95. The largest absolute Gasteiger partial charge is 0.455 e. The van der Waals surface area contributed by atoms with Crippen molar-refractivity contribution < 1.29 is 13.5 Å². The van der Waals surface area contributed by atoms with E-state index in [1.807, 2.05) is 0 Å². The average Bonchev–Trinajstić information content (AvgIpc) is 2.61. The van der Waals surface area contributed by atoms with Crippen LogP contribution in [-0.4, -0.2) is 10.2 Å². The van der Waals surface area contributed by atoms with Crippen LogP contribution in [0.2, 0.25) is 5.02 Å². The van der Waals surface area contributed by atoms with Crippen LogP contribution in [0.5, 0.6) is 11.5 Å². The smallest absolute Gasteiger partial charge is 0.149 e. The Morgan fingerprint density at radius 3 is 2.52 bits per heavy atom. The number of ether oxygens (including phenoxy) is 1. The zero-order chi connectivity index (χ0) is 18.0. The fraction of sp³-hybridized carbons (Fsp3) is 0.0556. The molecule has 0 aliphatic heterocycles. The summed E-state index contributed by atoms with van der Waals surface area (Å²) in [7, 11) is 0.